The zero-order valence-electron chi connectivity index (χ0n) is 9.76. The van der Waals surface area contributed by atoms with Crippen molar-refractivity contribution in [3.05, 3.63) is 48.0 Å². The Morgan fingerprint density at radius 3 is 2.59 bits per heavy atom. The molecule has 0 radical (unpaired) electrons. The summed E-state index contributed by atoms with van der Waals surface area (Å²) in [5.74, 6) is 0.341. The van der Waals surface area contributed by atoms with Gasteiger partial charge in [-0.1, -0.05) is 42.5 Å². The van der Waals surface area contributed by atoms with E-state index in [4.69, 9.17) is 5.73 Å². The third-order valence-electron chi connectivity index (χ3n) is 4.14. The predicted octanol–water partition coefficient (Wildman–Crippen LogP) is 2.05. The SMILES string of the molecule is NC[C@]1(c2ccc3ccccc3c2)C[C@@H]1CO. The van der Waals surface area contributed by atoms with Gasteiger partial charge in [-0.25, -0.2) is 0 Å². The van der Waals surface area contributed by atoms with Crippen molar-refractivity contribution in [1.29, 1.82) is 0 Å². The Bertz CT molecular complexity index is 551. The molecule has 3 rings (SSSR count). The van der Waals surface area contributed by atoms with Crippen molar-refractivity contribution in [2.75, 3.05) is 13.2 Å². The first-order chi connectivity index (χ1) is 8.30. The van der Waals surface area contributed by atoms with E-state index in [1.807, 2.05) is 6.07 Å². The fourth-order valence-electron chi connectivity index (χ4n) is 2.84. The molecule has 2 atom stereocenters. The zero-order valence-corrected chi connectivity index (χ0v) is 9.76. The molecule has 0 bridgehead atoms. The van der Waals surface area contributed by atoms with E-state index < -0.39 is 0 Å². The first-order valence-corrected chi connectivity index (χ1v) is 6.10. The number of rotatable bonds is 3. The van der Waals surface area contributed by atoms with Gasteiger partial charge in [-0.05, 0) is 28.7 Å². The third-order valence-corrected chi connectivity index (χ3v) is 4.14. The van der Waals surface area contributed by atoms with Gasteiger partial charge in [-0.3, -0.25) is 0 Å². The normalized spacial score (nSPS) is 27.3. The Balaban J connectivity index is 2.07. The highest BCUT2D eigenvalue weighted by atomic mass is 16.3. The van der Waals surface area contributed by atoms with E-state index in [1.54, 1.807) is 0 Å². The standard InChI is InChI=1S/C15H17NO/c16-10-15(8-14(15)9-17)13-6-5-11-3-1-2-4-12(11)7-13/h1-7,14,17H,8-10,16H2/t14-,15+/m1/s1. The molecule has 0 spiro atoms. The fourth-order valence-corrected chi connectivity index (χ4v) is 2.84. The molecule has 0 saturated heterocycles. The maximum absolute atomic E-state index is 9.29. The van der Waals surface area contributed by atoms with Gasteiger partial charge in [0.05, 0.1) is 0 Å². The quantitative estimate of drug-likeness (QED) is 0.843. The van der Waals surface area contributed by atoms with Crippen molar-refractivity contribution in [3.8, 4) is 0 Å². The lowest BCUT2D eigenvalue weighted by molar-refractivity contribution is 0.264. The van der Waals surface area contributed by atoms with Gasteiger partial charge in [0.25, 0.3) is 0 Å². The highest BCUT2D eigenvalue weighted by molar-refractivity contribution is 5.83. The molecule has 88 valence electrons. The minimum absolute atomic E-state index is 0.0266. The van der Waals surface area contributed by atoms with Crippen LogP contribution in [0.4, 0.5) is 0 Å². The van der Waals surface area contributed by atoms with Crippen LogP contribution in [0.25, 0.3) is 10.8 Å². The minimum Gasteiger partial charge on any atom is -0.396 e. The number of benzene rings is 2. The van der Waals surface area contributed by atoms with E-state index in [0.29, 0.717) is 12.5 Å². The van der Waals surface area contributed by atoms with E-state index in [0.717, 1.165) is 6.42 Å². The smallest absolute Gasteiger partial charge is 0.0468 e. The Morgan fingerprint density at radius 1 is 1.18 bits per heavy atom. The Kier molecular flexibility index (Phi) is 2.42. The van der Waals surface area contributed by atoms with E-state index in [9.17, 15) is 5.11 Å². The zero-order chi connectivity index (χ0) is 11.9. The maximum Gasteiger partial charge on any atom is 0.0468 e. The average molecular weight is 227 g/mol. The van der Waals surface area contributed by atoms with E-state index in [-0.39, 0.29) is 12.0 Å². The molecule has 2 aromatic carbocycles. The van der Waals surface area contributed by atoms with Crippen LogP contribution in [0.3, 0.4) is 0 Å². The van der Waals surface area contributed by atoms with Gasteiger partial charge in [0.1, 0.15) is 0 Å². The predicted molar refractivity (Wildman–Crippen MR) is 69.9 cm³/mol. The summed E-state index contributed by atoms with van der Waals surface area (Å²) in [5.41, 5.74) is 7.20. The van der Waals surface area contributed by atoms with Gasteiger partial charge in [-0.2, -0.15) is 0 Å². The second-order valence-corrected chi connectivity index (χ2v) is 5.01. The lowest BCUT2D eigenvalue weighted by Gasteiger charge is -2.15. The number of hydrogen-bond donors (Lipinski definition) is 2. The summed E-state index contributed by atoms with van der Waals surface area (Å²) in [4.78, 5) is 0. The number of hydrogen-bond acceptors (Lipinski definition) is 2. The van der Waals surface area contributed by atoms with E-state index >= 15 is 0 Å². The lowest BCUT2D eigenvalue weighted by atomic mass is 9.91. The highest BCUT2D eigenvalue weighted by Gasteiger charge is 2.53. The molecule has 0 amide bonds. The molecule has 3 N–H and O–H groups in total. The van der Waals surface area contributed by atoms with Crippen molar-refractivity contribution in [2.24, 2.45) is 11.7 Å². The fraction of sp³-hybridized carbons (Fsp3) is 0.333. The van der Waals surface area contributed by atoms with Crippen LogP contribution in [0.5, 0.6) is 0 Å². The van der Waals surface area contributed by atoms with Crippen LogP contribution in [0, 0.1) is 5.92 Å². The molecule has 2 aromatic rings. The molecular weight excluding hydrogens is 210 g/mol. The third kappa shape index (κ3) is 1.56. The first kappa shape index (κ1) is 10.8. The summed E-state index contributed by atoms with van der Waals surface area (Å²) in [6.07, 6.45) is 1.01. The summed E-state index contributed by atoms with van der Waals surface area (Å²) in [6, 6.07) is 14.9. The van der Waals surface area contributed by atoms with Gasteiger partial charge in [0.15, 0.2) is 0 Å². The number of aliphatic hydroxyl groups is 1. The summed E-state index contributed by atoms with van der Waals surface area (Å²) < 4.78 is 0. The molecule has 1 aliphatic rings. The second-order valence-electron chi connectivity index (χ2n) is 5.01. The van der Waals surface area contributed by atoms with Crippen molar-refractivity contribution in [1.82, 2.24) is 0 Å². The largest absolute Gasteiger partial charge is 0.396 e. The molecule has 2 heteroatoms. The van der Waals surface area contributed by atoms with Crippen LogP contribution in [0.15, 0.2) is 42.5 Å². The Labute approximate surface area is 101 Å². The molecule has 0 aliphatic heterocycles. The van der Waals surface area contributed by atoms with Crippen LogP contribution in [-0.2, 0) is 5.41 Å². The number of fused-ring (bicyclic) bond motifs is 1. The number of nitrogens with two attached hydrogens (primary N) is 1. The van der Waals surface area contributed by atoms with Crippen molar-refractivity contribution in [3.63, 3.8) is 0 Å². The van der Waals surface area contributed by atoms with Gasteiger partial charge in [0.2, 0.25) is 0 Å². The Morgan fingerprint density at radius 2 is 1.94 bits per heavy atom. The van der Waals surface area contributed by atoms with Crippen LogP contribution >= 0.6 is 0 Å². The van der Waals surface area contributed by atoms with E-state index in [1.165, 1.54) is 16.3 Å². The summed E-state index contributed by atoms with van der Waals surface area (Å²) in [7, 11) is 0. The molecule has 1 saturated carbocycles. The van der Waals surface area contributed by atoms with Crippen LogP contribution < -0.4 is 5.73 Å². The monoisotopic (exact) mass is 227 g/mol. The average Bonchev–Trinajstić information content (AvgIpc) is 3.13. The number of aliphatic hydroxyl groups excluding tert-OH is 1. The second kappa shape index (κ2) is 3.83. The molecule has 1 fully saturated rings. The van der Waals surface area contributed by atoms with Gasteiger partial charge < -0.3 is 10.8 Å². The van der Waals surface area contributed by atoms with Crippen molar-refractivity contribution >= 4 is 10.8 Å². The topological polar surface area (TPSA) is 46.2 Å². The molecular formula is C15H17NO. The maximum atomic E-state index is 9.29. The van der Waals surface area contributed by atoms with E-state index in [2.05, 4.69) is 36.4 Å². The van der Waals surface area contributed by atoms with Crippen molar-refractivity contribution in [2.45, 2.75) is 11.8 Å². The van der Waals surface area contributed by atoms with Crippen LogP contribution in [0.1, 0.15) is 12.0 Å². The Hall–Kier alpha value is -1.38. The van der Waals surface area contributed by atoms with Gasteiger partial charge in [-0.15, -0.1) is 0 Å². The highest BCUT2D eigenvalue weighted by Crippen LogP contribution is 2.53. The van der Waals surface area contributed by atoms with Gasteiger partial charge >= 0.3 is 0 Å². The summed E-state index contributed by atoms with van der Waals surface area (Å²) in [6.45, 7) is 0.862. The van der Waals surface area contributed by atoms with Crippen LogP contribution in [0.2, 0.25) is 0 Å². The molecule has 1 aliphatic carbocycles. The molecule has 0 unspecified atom stereocenters. The summed E-state index contributed by atoms with van der Waals surface area (Å²) >= 11 is 0. The first-order valence-electron chi connectivity index (χ1n) is 6.10. The van der Waals surface area contributed by atoms with Gasteiger partial charge in [0, 0.05) is 18.6 Å². The minimum atomic E-state index is 0.0266. The van der Waals surface area contributed by atoms with Crippen molar-refractivity contribution < 1.29 is 5.11 Å². The lowest BCUT2D eigenvalue weighted by Crippen LogP contribution is -2.23. The molecule has 17 heavy (non-hydrogen) atoms. The summed E-state index contributed by atoms with van der Waals surface area (Å²) in [5, 5.41) is 11.8. The molecule has 0 aromatic heterocycles. The molecule has 0 heterocycles. The van der Waals surface area contributed by atoms with Crippen LogP contribution in [-0.4, -0.2) is 18.3 Å². The molecule has 2 nitrogen and oxygen atoms in total.